The van der Waals surface area contributed by atoms with Gasteiger partial charge in [-0.1, -0.05) is 24.3 Å². The topological polar surface area (TPSA) is 24.4 Å². The van der Waals surface area contributed by atoms with E-state index in [1.165, 1.54) is 0 Å². The van der Waals surface area contributed by atoms with Crippen molar-refractivity contribution in [3.63, 3.8) is 0 Å². The summed E-state index contributed by atoms with van der Waals surface area (Å²) >= 11 is 0. The molecule has 0 aromatic heterocycles. The number of benzene rings is 1. The van der Waals surface area contributed by atoms with Crippen molar-refractivity contribution in [1.29, 1.82) is 0 Å². The van der Waals surface area contributed by atoms with Crippen LogP contribution in [0, 0.1) is 0 Å². The third-order valence-corrected chi connectivity index (χ3v) is 2.47. The lowest BCUT2D eigenvalue weighted by atomic mass is 10.2. The fourth-order valence-electron chi connectivity index (χ4n) is 1.71. The number of hydrogen-bond acceptors (Lipinski definition) is 2. The number of rotatable bonds is 0. The van der Waals surface area contributed by atoms with E-state index >= 15 is 0 Å². The van der Waals surface area contributed by atoms with Crippen LogP contribution in [-0.2, 0) is 0 Å². The van der Waals surface area contributed by atoms with Gasteiger partial charge < -0.3 is 5.32 Å². The van der Waals surface area contributed by atoms with E-state index < -0.39 is 0 Å². The minimum atomic E-state index is 0.985. The Balaban J connectivity index is 2.32. The van der Waals surface area contributed by atoms with Crippen LogP contribution in [0.5, 0.6) is 0 Å². The summed E-state index contributed by atoms with van der Waals surface area (Å²) in [7, 11) is 0. The van der Waals surface area contributed by atoms with Gasteiger partial charge in [-0.3, -0.25) is 0 Å². The van der Waals surface area contributed by atoms with Crippen LogP contribution in [0.15, 0.2) is 65.1 Å². The Labute approximate surface area is 87.7 Å². The highest BCUT2D eigenvalue weighted by Gasteiger charge is 2.05. The average molecular weight is 194 g/mol. The predicted octanol–water partition coefficient (Wildman–Crippen LogP) is 0.985. The minimum Gasteiger partial charge on any atom is -0.360 e. The highest BCUT2D eigenvalue weighted by atomic mass is 14.9. The molecule has 0 spiro atoms. The maximum atomic E-state index is 4.61. The normalized spacial score (nSPS) is 16.8. The van der Waals surface area contributed by atoms with Gasteiger partial charge in [0.25, 0.3) is 0 Å². The summed E-state index contributed by atoms with van der Waals surface area (Å²) in [4.78, 5) is 4.61. The first-order valence-electron chi connectivity index (χ1n) is 4.93. The van der Waals surface area contributed by atoms with Crippen molar-refractivity contribution in [2.75, 3.05) is 0 Å². The molecule has 2 nitrogen and oxygen atoms in total. The Hall–Kier alpha value is -2.09. The molecule has 0 radical (unpaired) electrons. The van der Waals surface area contributed by atoms with Crippen LogP contribution >= 0.6 is 0 Å². The zero-order valence-electron chi connectivity index (χ0n) is 8.14. The van der Waals surface area contributed by atoms with Crippen LogP contribution in [0.25, 0.3) is 6.08 Å². The molecule has 0 fully saturated rings. The Morgan fingerprint density at radius 2 is 1.93 bits per heavy atom. The summed E-state index contributed by atoms with van der Waals surface area (Å²) in [5.74, 6) is 0. The summed E-state index contributed by atoms with van der Waals surface area (Å²) in [6, 6.07) is 8.13. The molecular weight excluding hydrogens is 184 g/mol. The van der Waals surface area contributed by atoms with Crippen molar-refractivity contribution in [1.82, 2.24) is 5.32 Å². The molecule has 3 rings (SSSR count). The molecule has 0 unspecified atom stereocenters. The third kappa shape index (κ3) is 1.40. The molecule has 1 N–H and O–H groups in total. The molecule has 1 aromatic carbocycles. The van der Waals surface area contributed by atoms with Crippen molar-refractivity contribution in [3.05, 3.63) is 70.7 Å². The first-order chi connectivity index (χ1) is 7.43. The van der Waals surface area contributed by atoms with Crippen LogP contribution < -0.4 is 15.9 Å². The van der Waals surface area contributed by atoms with E-state index in [1.54, 1.807) is 0 Å². The van der Waals surface area contributed by atoms with Crippen LogP contribution in [-0.4, -0.2) is 0 Å². The number of nitrogens with one attached hydrogen (secondary N) is 1. The van der Waals surface area contributed by atoms with Crippen molar-refractivity contribution in [2.45, 2.75) is 0 Å². The zero-order valence-corrected chi connectivity index (χ0v) is 8.14. The number of hydrogen-bond donors (Lipinski definition) is 1. The van der Waals surface area contributed by atoms with Crippen molar-refractivity contribution in [2.24, 2.45) is 4.99 Å². The summed E-state index contributed by atoms with van der Waals surface area (Å²) in [6.45, 7) is 0. The molecule has 2 heteroatoms. The highest BCUT2D eigenvalue weighted by Crippen LogP contribution is 2.12. The second-order valence-electron chi connectivity index (χ2n) is 3.47. The van der Waals surface area contributed by atoms with Gasteiger partial charge in [-0.05, 0) is 24.3 Å². The van der Waals surface area contributed by atoms with Gasteiger partial charge in [-0.25, -0.2) is 4.99 Å². The molecule has 1 aromatic rings. The molecule has 0 amide bonds. The Kier molecular flexibility index (Phi) is 1.78. The maximum absolute atomic E-state index is 4.61. The fourth-order valence-corrected chi connectivity index (χ4v) is 1.71. The van der Waals surface area contributed by atoms with E-state index in [0.717, 1.165) is 22.0 Å². The molecular formula is C13H10N2. The van der Waals surface area contributed by atoms with Gasteiger partial charge in [-0.15, -0.1) is 0 Å². The monoisotopic (exact) mass is 194 g/mol. The SMILES string of the molecule is C1=CNC2=CC=c3ccccc3=NC2=C1. The minimum absolute atomic E-state index is 0.985. The molecule has 0 aliphatic carbocycles. The van der Waals surface area contributed by atoms with Crippen molar-refractivity contribution < 1.29 is 0 Å². The molecule has 0 bridgehead atoms. The van der Waals surface area contributed by atoms with Gasteiger partial charge in [0.2, 0.25) is 0 Å². The molecule has 72 valence electrons. The van der Waals surface area contributed by atoms with Crippen molar-refractivity contribution >= 4 is 6.08 Å². The molecule has 0 atom stereocenters. The summed E-state index contributed by atoms with van der Waals surface area (Å²) in [5, 5.41) is 5.36. The molecule has 2 aliphatic heterocycles. The van der Waals surface area contributed by atoms with E-state index in [1.807, 2.05) is 36.6 Å². The lowest BCUT2D eigenvalue weighted by Crippen LogP contribution is -2.23. The average Bonchev–Trinajstić information content (AvgIpc) is 2.48. The van der Waals surface area contributed by atoms with Crippen LogP contribution in [0.3, 0.4) is 0 Å². The van der Waals surface area contributed by atoms with Gasteiger partial charge in [-0.2, -0.15) is 0 Å². The molecule has 15 heavy (non-hydrogen) atoms. The maximum Gasteiger partial charge on any atom is 0.0872 e. The molecule has 0 saturated heterocycles. The third-order valence-electron chi connectivity index (χ3n) is 2.47. The van der Waals surface area contributed by atoms with E-state index in [-0.39, 0.29) is 0 Å². The first-order valence-corrected chi connectivity index (χ1v) is 4.93. The number of fused-ring (bicyclic) bond motifs is 2. The molecule has 0 saturated carbocycles. The number of para-hydroxylation sites is 1. The smallest absolute Gasteiger partial charge is 0.0872 e. The van der Waals surface area contributed by atoms with E-state index in [9.17, 15) is 0 Å². The summed E-state index contributed by atoms with van der Waals surface area (Å²) < 4.78 is 0. The standard InChI is InChI=1S/C13H10N2/c1-2-5-11-10(4-1)7-8-12-13(15-11)6-3-9-14-12/h1-9,14H. The lowest BCUT2D eigenvalue weighted by molar-refractivity contribution is 1.02. The van der Waals surface area contributed by atoms with Gasteiger partial charge in [0.05, 0.1) is 16.8 Å². The second kappa shape index (κ2) is 3.24. The number of dihydropyridines is 1. The van der Waals surface area contributed by atoms with Crippen LogP contribution in [0.1, 0.15) is 0 Å². The quantitative estimate of drug-likeness (QED) is 0.654. The predicted molar refractivity (Wildman–Crippen MR) is 60.1 cm³/mol. The van der Waals surface area contributed by atoms with E-state index in [4.69, 9.17) is 0 Å². The Morgan fingerprint density at radius 3 is 2.93 bits per heavy atom. The van der Waals surface area contributed by atoms with Gasteiger partial charge in [0, 0.05) is 11.4 Å². The van der Waals surface area contributed by atoms with Gasteiger partial charge >= 0.3 is 0 Å². The Bertz CT molecular complexity index is 604. The summed E-state index contributed by atoms with van der Waals surface area (Å²) in [6.07, 6.45) is 10.0. The zero-order chi connectivity index (χ0) is 10.1. The largest absolute Gasteiger partial charge is 0.360 e. The van der Waals surface area contributed by atoms with Gasteiger partial charge in [0.1, 0.15) is 0 Å². The fraction of sp³-hybridized carbons (Fsp3) is 0. The number of nitrogens with zero attached hydrogens (tertiary/aromatic N) is 1. The lowest BCUT2D eigenvalue weighted by Gasteiger charge is -2.09. The van der Waals surface area contributed by atoms with Crippen molar-refractivity contribution in [3.8, 4) is 0 Å². The summed E-state index contributed by atoms with van der Waals surface area (Å²) in [5.41, 5.74) is 2.03. The second-order valence-corrected chi connectivity index (χ2v) is 3.47. The Morgan fingerprint density at radius 1 is 1.00 bits per heavy atom. The van der Waals surface area contributed by atoms with Crippen LogP contribution in [0.2, 0.25) is 0 Å². The molecule has 2 heterocycles. The number of allylic oxidation sites excluding steroid dienone is 3. The van der Waals surface area contributed by atoms with Crippen LogP contribution in [0.4, 0.5) is 0 Å². The molecule has 2 aliphatic rings. The van der Waals surface area contributed by atoms with Gasteiger partial charge in [0.15, 0.2) is 0 Å². The first kappa shape index (κ1) is 8.24. The van der Waals surface area contributed by atoms with E-state index in [2.05, 4.69) is 28.5 Å². The van der Waals surface area contributed by atoms with E-state index in [0.29, 0.717) is 0 Å². The highest BCUT2D eigenvalue weighted by molar-refractivity contribution is 5.49.